The Morgan fingerprint density at radius 1 is 0.808 bits per heavy atom. The van der Waals surface area contributed by atoms with Crippen molar-refractivity contribution in [3.8, 4) is 0 Å². The molecule has 2 heteroatoms. The van der Waals surface area contributed by atoms with Crippen LogP contribution in [0.25, 0.3) is 6.08 Å². The second kappa shape index (κ2) is 7.01. The molecule has 1 aliphatic rings. The van der Waals surface area contributed by atoms with E-state index in [1.165, 1.54) is 27.8 Å². The van der Waals surface area contributed by atoms with E-state index in [9.17, 15) is 0 Å². The minimum absolute atomic E-state index is 0.298. The lowest BCUT2D eigenvalue weighted by Crippen LogP contribution is -2.04. The molecular formula is C24H22N2. The Bertz CT molecular complexity index is 998. The first-order valence-corrected chi connectivity index (χ1v) is 8.95. The van der Waals surface area contributed by atoms with Crippen LogP contribution in [-0.4, -0.2) is 6.21 Å². The van der Waals surface area contributed by atoms with Gasteiger partial charge in [0.05, 0.1) is 11.9 Å². The van der Waals surface area contributed by atoms with Crippen molar-refractivity contribution in [2.75, 3.05) is 5.43 Å². The van der Waals surface area contributed by atoms with Gasteiger partial charge in [-0.15, -0.1) is 0 Å². The van der Waals surface area contributed by atoms with Crippen LogP contribution in [0.1, 0.15) is 40.7 Å². The predicted molar refractivity (Wildman–Crippen MR) is 111 cm³/mol. The predicted octanol–water partition coefficient (Wildman–Crippen LogP) is 5.99. The van der Waals surface area contributed by atoms with Crippen molar-refractivity contribution in [1.82, 2.24) is 0 Å². The van der Waals surface area contributed by atoms with E-state index in [0.29, 0.717) is 5.92 Å². The van der Waals surface area contributed by atoms with Crippen LogP contribution in [0.3, 0.4) is 0 Å². The summed E-state index contributed by atoms with van der Waals surface area (Å²) in [6.07, 6.45) is 4.22. The third-order valence-corrected chi connectivity index (χ3v) is 4.99. The van der Waals surface area contributed by atoms with Crippen LogP contribution in [0.15, 0.2) is 83.5 Å². The number of hydrazone groups is 1. The Morgan fingerprint density at radius 2 is 1.50 bits per heavy atom. The van der Waals surface area contributed by atoms with Gasteiger partial charge >= 0.3 is 0 Å². The van der Waals surface area contributed by atoms with Gasteiger partial charge in [-0.2, -0.15) is 5.10 Å². The normalized spacial score (nSPS) is 15.8. The lowest BCUT2D eigenvalue weighted by Gasteiger charge is -2.17. The summed E-state index contributed by atoms with van der Waals surface area (Å²) in [6, 6.07) is 25.3. The van der Waals surface area contributed by atoms with Crippen LogP contribution in [0, 0.1) is 6.92 Å². The smallest absolute Gasteiger partial charge is 0.0590 e. The number of rotatable bonds is 4. The van der Waals surface area contributed by atoms with Crippen LogP contribution in [-0.2, 0) is 0 Å². The number of fused-ring (bicyclic) bond motifs is 1. The lowest BCUT2D eigenvalue weighted by atomic mass is 9.86. The van der Waals surface area contributed by atoms with E-state index in [4.69, 9.17) is 0 Å². The van der Waals surface area contributed by atoms with Gasteiger partial charge in [-0.25, -0.2) is 0 Å². The summed E-state index contributed by atoms with van der Waals surface area (Å²) in [6.45, 7) is 4.29. The van der Waals surface area contributed by atoms with Crippen LogP contribution in [0.5, 0.6) is 0 Å². The van der Waals surface area contributed by atoms with E-state index >= 15 is 0 Å². The van der Waals surface area contributed by atoms with Gasteiger partial charge in [-0.3, -0.25) is 5.43 Å². The molecule has 0 saturated heterocycles. The highest BCUT2D eigenvalue weighted by molar-refractivity contribution is 5.84. The molecule has 0 saturated carbocycles. The standard InChI is InChI=1S/C24H22N2/c1-17-9-3-8-14-23(17)26-25-16-20-11-5-7-13-22(20)24-18(2)15-19-10-4-6-12-21(19)24/h3-16,24,26H,1-2H3/b25-16+. The quantitative estimate of drug-likeness (QED) is 0.458. The fraction of sp³-hybridized carbons (Fsp3) is 0.125. The van der Waals surface area contributed by atoms with Gasteiger partial charge < -0.3 is 0 Å². The molecule has 1 unspecified atom stereocenters. The van der Waals surface area contributed by atoms with E-state index in [1.54, 1.807) is 0 Å². The molecule has 0 heterocycles. The maximum absolute atomic E-state index is 4.49. The minimum atomic E-state index is 0.298. The number of nitrogens with one attached hydrogen (secondary N) is 1. The van der Waals surface area contributed by atoms with Crippen LogP contribution in [0.2, 0.25) is 0 Å². The number of benzene rings is 3. The number of allylic oxidation sites excluding steroid dienone is 1. The number of hydrogen-bond donors (Lipinski definition) is 1. The Labute approximate surface area is 154 Å². The molecule has 0 aromatic heterocycles. The van der Waals surface area contributed by atoms with Gasteiger partial charge in [0.1, 0.15) is 0 Å². The molecule has 3 aromatic rings. The molecule has 0 spiro atoms. The number of aryl methyl sites for hydroxylation is 1. The molecule has 0 bridgehead atoms. The summed E-state index contributed by atoms with van der Waals surface area (Å²) in [4.78, 5) is 0. The average molecular weight is 338 g/mol. The second-order valence-electron chi connectivity index (χ2n) is 6.76. The first-order valence-electron chi connectivity index (χ1n) is 8.95. The molecule has 128 valence electrons. The zero-order valence-corrected chi connectivity index (χ0v) is 15.1. The topological polar surface area (TPSA) is 24.4 Å². The van der Waals surface area contributed by atoms with Gasteiger partial charge in [0.2, 0.25) is 0 Å². The summed E-state index contributed by atoms with van der Waals surface area (Å²) >= 11 is 0. The van der Waals surface area contributed by atoms with Crippen LogP contribution < -0.4 is 5.43 Å². The number of hydrogen-bond acceptors (Lipinski definition) is 2. The summed E-state index contributed by atoms with van der Waals surface area (Å²) in [5.74, 6) is 0.298. The van der Waals surface area contributed by atoms with Crippen molar-refractivity contribution in [3.63, 3.8) is 0 Å². The van der Waals surface area contributed by atoms with Gasteiger partial charge in [-0.05, 0) is 47.7 Å². The third kappa shape index (κ3) is 3.06. The molecule has 1 atom stereocenters. The molecule has 4 rings (SSSR count). The van der Waals surface area contributed by atoms with Gasteiger partial charge in [-0.1, -0.05) is 78.4 Å². The lowest BCUT2D eigenvalue weighted by molar-refractivity contribution is 0.974. The third-order valence-electron chi connectivity index (χ3n) is 4.99. The monoisotopic (exact) mass is 338 g/mol. The summed E-state index contributed by atoms with van der Waals surface area (Å²) in [5.41, 5.74) is 11.9. The number of para-hydroxylation sites is 1. The summed E-state index contributed by atoms with van der Waals surface area (Å²) < 4.78 is 0. The van der Waals surface area contributed by atoms with Crippen molar-refractivity contribution >= 4 is 18.0 Å². The van der Waals surface area contributed by atoms with E-state index in [-0.39, 0.29) is 0 Å². The molecule has 3 aromatic carbocycles. The van der Waals surface area contributed by atoms with E-state index < -0.39 is 0 Å². The highest BCUT2D eigenvalue weighted by Crippen LogP contribution is 2.41. The van der Waals surface area contributed by atoms with E-state index in [2.05, 4.69) is 85.0 Å². The zero-order chi connectivity index (χ0) is 17.9. The highest BCUT2D eigenvalue weighted by Gasteiger charge is 2.25. The molecule has 0 aliphatic heterocycles. The number of anilines is 1. The molecular weight excluding hydrogens is 316 g/mol. The summed E-state index contributed by atoms with van der Waals surface area (Å²) in [5, 5.41) is 4.49. The molecule has 0 radical (unpaired) electrons. The number of nitrogens with zero attached hydrogens (tertiary/aromatic N) is 1. The molecule has 2 nitrogen and oxygen atoms in total. The Kier molecular flexibility index (Phi) is 4.40. The van der Waals surface area contributed by atoms with E-state index in [0.717, 1.165) is 11.3 Å². The van der Waals surface area contributed by atoms with Crippen molar-refractivity contribution in [2.45, 2.75) is 19.8 Å². The molecule has 1 N–H and O–H groups in total. The van der Waals surface area contributed by atoms with Crippen molar-refractivity contribution in [3.05, 3.63) is 106 Å². The van der Waals surface area contributed by atoms with Gasteiger partial charge in [0.15, 0.2) is 0 Å². The average Bonchev–Trinajstić information content (AvgIpc) is 2.99. The zero-order valence-electron chi connectivity index (χ0n) is 15.1. The summed E-state index contributed by atoms with van der Waals surface area (Å²) in [7, 11) is 0. The Morgan fingerprint density at radius 3 is 2.35 bits per heavy atom. The Balaban J connectivity index is 1.65. The highest BCUT2D eigenvalue weighted by atomic mass is 15.3. The maximum atomic E-state index is 4.49. The minimum Gasteiger partial charge on any atom is -0.278 e. The van der Waals surface area contributed by atoms with Crippen LogP contribution in [0.4, 0.5) is 5.69 Å². The fourth-order valence-corrected chi connectivity index (χ4v) is 3.65. The first kappa shape index (κ1) is 16.3. The largest absolute Gasteiger partial charge is 0.278 e. The van der Waals surface area contributed by atoms with Gasteiger partial charge in [0, 0.05) is 5.92 Å². The first-order chi connectivity index (χ1) is 12.7. The maximum Gasteiger partial charge on any atom is 0.0590 e. The van der Waals surface area contributed by atoms with Crippen molar-refractivity contribution in [1.29, 1.82) is 0 Å². The molecule has 1 aliphatic carbocycles. The Hall–Kier alpha value is -3.13. The molecule has 0 amide bonds. The van der Waals surface area contributed by atoms with Crippen molar-refractivity contribution in [2.24, 2.45) is 5.10 Å². The van der Waals surface area contributed by atoms with Gasteiger partial charge in [0.25, 0.3) is 0 Å². The second-order valence-corrected chi connectivity index (χ2v) is 6.76. The SMILES string of the molecule is CC1=Cc2ccccc2C1c1ccccc1/C=N/Nc1ccccc1C. The van der Waals surface area contributed by atoms with E-state index in [1.807, 2.05) is 24.4 Å². The molecule has 26 heavy (non-hydrogen) atoms. The molecule has 0 fully saturated rings. The van der Waals surface area contributed by atoms with Crippen LogP contribution >= 0.6 is 0 Å². The fourth-order valence-electron chi connectivity index (χ4n) is 3.65. The van der Waals surface area contributed by atoms with Crippen molar-refractivity contribution < 1.29 is 0 Å².